The van der Waals surface area contributed by atoms with Gasteiger partial charge in [-0.1, -0.05) is 0 Å². The summed E-state index contributed by atoms with van der Waals surface area (Å²) in [4.78, 5) is 15.5. The van der Waals surface area contributed by atoms with Gasteiger partial charge < -0.3 is 9.52 Å². The molecular weight excluding hydrogens is 282 g/mol. The highest BCUT2D eigenvalue weighted by Crippen LogP contribution is 2.32. The van der Waals surface area contributed by atoms with E-state index in [1.54, 1.807) is 0 Å². The largest absolute Gasteiger partial charge is 0.481 e. The average molecular weight is 288 g/mol. The van der Waals surface area contributed by atoms with E-state index >= 15 is 0 Å². The fourth-order valence-electron chi connectivity index (χ4n) is 1.18. The SMILES string of the molecule is O=C(O)Cc1ocnc1-c1ccc(Br)s1. The minimum Gasteiger partial charge on any atom is -0.481 e. The summed E-state index contributed by atoms with van der Waals surface area (Å²) < 4.78 is 6.01. The van der Waals surface area contributed by atoms with E-state index in [2.05, 4.69) is 20.9 Å². The highest BCUT2D eigenvalue weighted by molar-refractivity contribution is 9.11. The summed E-state index contributed by atoms with van der Waals surface area (Å²) >= 11 is 4.82. The maximum Gasteiger partial charge on any atom is 0.311 e. The molecule has 0 aliphatic heterocycles. The Hall–Kier alpha value is -1.14. The van der Waals surface area contributed by atoms with Crippen molar-refractivity contribution in [1.82, 2.24) is 4.98 Å². The standard InChI is InChI=1S/C9H6BrNO3S/c10-7-2-1-6(15-7)9-5(3-8(12)13)14-4-11-9/h1-2,4H,3H2,(H,12,13). The number of oxazole rings is 1. The van der Waals surface area contributed by atoms with Gasteiger partial charge in [0.2, 0.25) is 0 Å². The molecule has 0 aliphatic rings. The predicted octanol–water partition coefficient (Wildman–Crippen LogP) is 2.79. The van der Waals surface area contributed by atoms with E-state index in [1.807, 2.05) is 12.1 Å². The molecule has 0 spiro atoms. The molecule has 6 heteroatoms. The molecule has 0 saturated heterocycles. The van der Waals surface area contributed by atoms with Gasteiger partial charge in [0, 0.05) is 0 Å². The van der Waals surface area contributed by atoms with Crippen LogP contribution in [0.2, 0.25) is 0 Å². The minimum atomic E-state index is -0.927. The van der Waals surface area contributed by atoms with Crippen LogP contribution >= 0.6 is 27.3 Å². The number of carboxylic acid groups (broad SMARTS) is 1. The monoisotopic (exact) mass is 287 g/mol. The van der Waals surface area contributed by atoms with Crippen molar-refractivity contribution in [2.24, 2.45) is 0 Å². The Kier molecular flexibility index (Phi) is 2.88. The zero-order valence-corrected chi connectivity index (χ0v) is 9.84. The van der Waals surface area contributed by atoms with Crippen LogP contribution in [0.4, 0.5) is 0 Å². The first-order valence-corrected chi connectivity index (χ1v) is 5.67. The second kappa shape index (κ2) is 4.16. The lowest BCUT2D eigenvalue weighted by Crippen LogP contribution is -1.99. The molecule has 2 aromatic heterocycles. The van der Waals surface area contributed by atoms with E-state index < -0.39 is 5.97 Å². The molecule has 0 radical (unpaired) electrons. The maximum absolute atomic E-state index is 10.6. The van der Waals surface area contributed by atoms with Crippen molar-refractivity contribution in [2.75, 3.05) is 0 Å². The Balaban J connectivity index is 2.36. The molecule has 2 aromatic rings. The summed E-state index contributed by atoms with van der Waals surface area (Å²) in [5.74, 6) is -0.541. The Morgan fingerprint density at radius 1 is 1.60 bits per heavy atom. The molecule has 1 N–H and O–H groups in total. The van der Waals surface area contributed by atoms with Gasteiger partial charge in [0.1, 0.15) is 17.9 Å². The van der Waals surface area contributed by atoms with E-state index in [-0.39, 0.29) is 6.42 Å². The van der Waals surface area contributed by atoms with Crippen molar-refractivity contribution in [3.63, 3.8) is 0 Å². The summed E-state index contributed by atoms with van der Waals surface area (Å²) in [6.45, 7) is 0. The first-order valence-electron chi connectivity index (χ1n) is 4.06. The van der Waals surface area contributed by atoms with E-state index in [0.29, 0.717) is 11.5 Å². The third kappa shape index (κ3) is 2.27. The maximum atomic E-state index is 10.6. The van der Waals surface area contributed by atoms with Gasteiger partial charge in [-0.25, -0.2) is 4.98 Å². The highest BCUT2D eigenvalue weighted by atomic mass is 79.9. The first kappa shape index (κ1) is 10.4. The van der Waals surface area contributed by atoms with Crippen LogP contribution in [0.15, 0.2) is 26.7 Å². The molecule has 4 nitrogen and oxygen atoms in total. The molecule has 0 saturated carbocycles. The Morgan fingerprint density at radius 2 is 2.40 bits per heavy atom. The number of carbonyl (C=O) groups is 1. The van der Waals surface area contributed by atoms with Crippen LogP contribution in [0.25, 0.3) is 10.6 Å². The van der Waals surface area contributed by atoms with Gasteiger partial charge in [-0.2, -0.15) is 0 Å². The molecule has 0 amide bonds. The first-order chi connectivity index (χ1) is 7.16. The van der Waals surface area contributed by atoms with Crippen LogP contribution < -0.4 is 0 Å². The lowest BCUT2D eigenvalue weighted by atomic mass is 10.2. The number of thiophene rings is 1. The smallest absolute Gasteiger partial charge is 0.311 e. The average Bonchev–Trinajstić information content (AvgIpc) is 2.72. The third-order valence-corrected chi connectivity index (χ3v) is 3.39. The normalized spacial score (nSPS) is 10.5. The van der Waals surface area contributed by atoms with Crippen LogP contribution in [0, 0.1) is 0 Å². The summed E-state index contributed by atoms with van der Waals surface area (Å²) in [5.41, 5.74) is 0.605. The molecule has 0 aliphatic carbocycles. The zero-order chi connectivity index (χ0) is 10.8. The number of hydrogen-bond acceptors (Lipinski definition) is 4. The van der Waals surface area contributed by atoms with Gasteiger partial charge in [0.15, 0.2) is 6.39 Å². The van der Waals surface area contributed by atoms with Gasteiger partial charge in [0.05, 0.1) is 8.66 Å². The quantitative estimate of drug-likeness (QED) is 0.943. The molecule has 2 rings (SSSR count). The van der Waals surface area contributed by atoms with E-state index in [1.165, 1.54) is 17.7 Å². The van der Waals surface area contributed by atoms with Crippen molar-refractivity contribution < 1.29 is 14.3 Å². The number of aliphatic carboxylic acids is 1. The zero-order valence-electron chi connectivity index (χ0n) is 7.44. The Morgan fingerprint density at radius 3 is 3.00 bits per heavy atom. The second-order valence-corrected chi connectivity index (χ2v) is 5.26. The van der Waals surface area contributed by atoms with Crippen LogP contribution in [0.5, 0.6) is 0 Å². The fraction of sp³-hybridized carbons (Fsp3) is 0.111. The summed E-state index contributed by atoms with van der Waals surface area (Å²) in [6, 6.07) is 3.76. The van der Waals surface area contributed by atoms with Gasteiger partial charge in [-0.3, -0.25) is 4.79 Å². The van der Waals surface area contributed by atoms with Crippen molar-refractivity contribution in [3.8, 4) is 10.6 Å². The molecule has 78 valence electrons. The molecule has 0 bridgehead atoms. The van der Waals surface area contributed by atoms with Gasteiger partial charge in [-0.05, 0) is 28.1 Å². The van der Waals surface area contributed by atoms with Crippen molar-refractivity contribution in [3.05, 3.63) is 28.1 Å². The molecule has 0 atom stereocenters. The number of carboxylic acids is 1. The molecule has 0 fully saturated rings. The molecule has 0 aromatic carbocycles. The summed E-state index contributed by atoms with van der Waals surface area (Å²) in [5, 5.41) is 8.67. The Bertz CT molecular complexity index is 491. The van der Waals surface area contributed by atoms with E-state index in [9.17, 15) is 4.79 Å². The second-order valence-electron chi connectivity index (χ2n) is 2.80. The fourth-order valence-corrected chi connectivity index (χ4v) is 2.58. The number of rotatable bonds is 3. The predicted molar refractivity (Wildman–Crippen MR) is 58.9 cm³/mol. The van der Waals surface area contributed by atoms with Crippen LogP contribution in [0.1, 0.15) is 5.76 Å². The van der Waals surface area contributed by atoms with Crippen LogP contribution in [-0.2, 0) is 11.2 Å². The van der Waals surface area contributed by atoms with Crippen molar-refractivity contribution in [1.29, 1.82) is 0 Å². The number of halogens is 1. The molecule has 15 heavy (non-hydrogen) atoms. The number of hydrogen-bond donors (Lipinski definition) is 1. The van der Waals surface area contributed by atoms with Gasteiger partial charge in [-0.15, -0.1) is 11.3 Å². The lowest BCUT2D eigenvalue weighted by Gasteiger charge is -1.94. The lowest BCUT2D eigenvalue weighted by molar-refractivity contribution is -0.136. The summed E-state index contributed by atoms with van der Waals surface area (Å²) in [7, 11) is 0. The minimum absolute atomic E-state index is 0.148. The topological polar surface area (TPSA) is 63.3 Å². The summed E-state index contributed by atoms with van der Waals surface area (Å²) in [6.07, 6.45) is 1.12. The third-order valence-electron chi connectivity index (χ3n) is 1.76. The van der Waals surface area contributed by atoms with Gasteiger partial charge >= 0.3 is 5.97 Å². The van der Waals surface area contributed by atoms with Crippen molar-refractivity contribution >= 4 is 33.2 Å². The molecular formula is C9H6BrNO3S. The number of aromatic nitrogens is 1. The van der Waals surface area contributed by atoms with Crippen LogP contribution in [0.3, 0.4) is 0 Å². The van der Waals surface area contributed by atoms with E-state index in [0.717, 1.165) is 8.66 Å². The highest BCUT2D eigenvalue weighted by Gasteiger charge is 2.15. The van der Waals surface area contributed by atoms with Crippen molar-refractivity contribution in [2.45, 2.75) is 6.42 Å². The molecule has 2 heterocycles. The number of nitrogens with zero attached hydrogens (tertiary/aromatic N) is 1. The van der Waals surface area contributed by atoms with Gasteiger partial charge in [0.25, 0.3) is 0 Å². The van der Waals surface area contributed by atoms with E-state index in [4.69, 9.17) is 9.52 Å². The molecule has 0 unspecified atom stereocenters. The Labute approximate surface area is 97.7 Å². The van der Waals surface area contributed by atoms with Crippen LogP contribution in [-0.4, -0.2) is 16.1 Å².